The van der Waals surface area contributed by atoms with E-state index < -0.39 is 0 Å². The Kier molecular flexibility index (Phi) is 5.40. The maximum Gasteiger partial charge on any atom is 0.261 e. The summed E-state index contributed by atoms with van der Waals surface area (Å²) >= 11 is 0. The Balaban J connectivity index is 1.67. The monoisotopic (exact) mass is 354 g/mol. The first kappa shape index (κ1) is 18.2. The number of rotatable bonds is 5. The number of likely N-dealkylation sites (tertiary alicyclic amines) is 1. The van der Waals surface area contributed by atoms with Crippen LogP contribution in [-0.4, -0.2) is 48.3 Å². The molecule has 1 amide bonds. The lowest BCUT2D eigenvalue weighted by Gasteiger charge is -2.24. The van der Waals surface area contributed by atoms with Gasteiger partial charge in [-0.25, -0.2) is 0 Å². The molecular formula is C20H26N4O2. The SMILES string of the molecule is Cc1ccc(C)c(OCC(=O)N2CCCC2c2ccc(N(C)C)nn2)c1. The van der Waals surface area contributed by atoms with Crippen LogP contribution in [-0.2, 0) is 4.79 Å². The molecule has 6 nitrogen and oxygen atoms in total. The van der Waals surface area contributed by atoms with Crippen LogP contribution in [0.3, 0.4) is 0 Å². The van der Waals surface area contributed by atoms with E-state index in [0.717, 1.165) is 47.8 Å². The summed E-state index contributed by atoms with van der Waals surface area (Å²) in [5, 5.41) is 8.57. The predicted octanol–water partition coefficient (Wildman–Crippen LogP) is 2.90. The van der Waals surface area contributed by atoms with E-state index in [9.17, 15) is 4.79 Å². The van der Waals surface area contributed by atoms with Crippen molar-refractivity contribution in [2.24, 2.45) is 0 Å². The summed E-state index contributed by atoms with van der Waals surface area (Å²) in [7, 11) is 3.86. The summed E-state index contributed by atoms with van der Waals surface area (Å²) < 4.78 is 5.79. The molecule has 6 heteroatoms. The maximum atomic E-state index is 12.7. The van der Waals surface area contributed by atoms with Crippen LogP contribution >= 0.6 is 0 Å². The topological polar surface area (TPSA) is 58.6 Å². The Labute approximate surface area is 154 Å². The fraction of sp³-hybridized carbons (Fsp3) is 0.450. The Hall–Kier alpha value is -2.63. The molecule has 0 N–H and O–H groups in total. The van der Waals surface area contributed by atoms with E-state index >= 15 is 0 Å². The first-order valence-corrected chi connectivity index (χ1v) is 8.96. The molecule has 0 bridgehead atoms. The van der Waals surface area contributed by atoms with Gasteiger partial charge in [0.25, 0.3) is 5.91 Å². The molecular weight excluding hydrogens is 328 g/mol. The van der Waals surface area contributed by atoms with Gasteiger partial charge in [0, 0.05) is 20.6 Å². The number of ether oxygens (including phenoxy) is 1. The molecule has 1 aliphatic rings. The number of hydrogen-bond donors (Lipinski definition) is 0. The number of amides is 1. The van der Waals surface area contributed by atoms with E-state index in [0.29, 0.717) is 0 Å². The van der Waals surface area contributed by atoms with Crippen LogP contribution in [0.1, 0.15) is 35.7 Å². The smallest absolute Gasteiger partial charge is 0.261 e. The fourth-order valence-corrected chi connectivity index (χ4v) is 3.21. The Morgan fingerprint density at radius 3 is 2.73 bits per heavy atom. The Morgan fingerprint density at radius 1 is 1.23 bits per heavy atom. The molecule has 2 heterocycles. The van der Waals surface area contributed by atoms with Crippen LogP contribution in [0.15, 0.2) is 30.3 Å². The molecule has 0 spiro atoms. The summed E-state index contributed by atoms with van der Waals surface area (Å²) in [6.07, 6.45) is 1.88. The Morgan fingerprint density at radius 2 is 2.04 bits per heavy atom. The number of aryl methyl sites for hydroxylation is 2. The lowest BCUT2D eigenvalue weighted by Crippen LogP contribution is -2.35. The normalized spacial score (nSPS) is 16.6. The zero-order valence-electron chi connectivity index (χ0n) is 15.9. The highest BCUT2D eigenvalue weighted by Gasteiger charge is 2.31. The van der Waals surface area contributed by atoms with Crippen LogP contribution in [0.4, 0.5) is 5.82 Å². The second-order valence-corrected chi connectivity index (χ2v) is 7.01. The molecule has 1 atom stereocenters. The molecule has 1 aliphatic heterocycles. The third-order valence-corrected chi connectivity index (χ3v) is 4.74. The molecule has 26 heavy (non-hydrogen) atoms. The Bertz CT molecular complexity index is 774. The number of nitrogens with zero attached hydrogens (tertiary/aromatic N) is 4. The van der Waals surface area contributed by atoms with Gasteiger partial charge in [0.15, 0.2) is 12.4 Å². The van der Waals surface area contributed by atoms with Crippen molar-refractivity contribution in [3.8, 4) is 5.75 Å². The molecule has 1 aromatic heterocycles. The number of aromatic nitrogens is 2. The molecule has 1 saturated heterocycles. The van der Waals surface area contributed by atoms with Crippen LogP contribution in [0.5, 0.6) is 5.75 Å². The van der Waals surface area contributed by atoms with E-state index in [1.54, 1.807) is 0 Å². The minimum atomic E-state index is -0.0200. The lowest BCUT2D eigenvalue weighted by atomic mass is 10.1. The second-order valence-electron chi connectivity index (χ2n) is 7.01. The third kappa shape index (κ3) is 3.95. The highest BCUT2D eigenvalue weighted by molar-refractivity contribution is 5.78. The zero-order chi connectivity index (χ0) is 18.7. The van der Waals surface area contributed by atoms with Gasteiger partial charge in [-0.2, -0.15) is 5.10 Å². The minimum Gasteiger partial charge on any atom is -0.483 e. The van der Waals surface area contributed by atoms with Gasteiger partial charge in [-0.3, -0.25) is 4.79 Å². The van der Waals surface area contributed by atoms with E-state index in [4.69, 9.17) is 4.74 Å². The average molecular weight is 354 g/mol. The first-order chi connectivity index (χ1) is 12.5. The average Bonchev–Trinajstić information content (AvgIpc) is 3.12. The number of carbonyl (C=O) groups is 1. The maximum absolute atomic E-state index is 12.7. The van der Waals surface area contributed by atoms with Crippen molar-refractivity contribution in [1.29, 1.82) is 0 Å². The van der Waals surface area contributed by atoms with Crippen molar-refractivity contribution in [2.45, 2.75) is 32.7 Å². The van der Waals surface area contributed by atoms with Gasteiger partial charge in [-0.05, 0) is 56.0 Å². The summed E-state index contributed by atoms with van der Waals surface area (Å²) in [5.41, 5.74) is 2.99. The number of benzene rings is 1. The quantitative estimate of drug-likeness (QED) is 0.826. The molecule has 1 unspecified atom stereocenters. The minimum absolute atomic E-state index is 0.00751. The van der Waals surface area contributed by atoms with Gasteiger partial charge in [0.1, 0.15) is 5.75 Å². The number of anilines is 1. The van der Waals surface area contributed by atoms with Crippen molar-refractivity contribution in [1.82, 2.24) is 15.1 Å². The second kappa shape index (κ2) is 7.72. The van der Waals surface area contributed by atoms with Crippen LogP contribution in [0.2, 0.25) is 0 Å². The first-order valence-electron chi connectivity index (χ1n) is 8.96. The van der Waals surface area contributed by atoms with Gasteiger partial charge in [-0.1, -0.05) is 12.1 Å². The van der Waals surface area contributed by atoms with Gasteiger partial charge < -0.3 is 14.5 Å². The number of carbonyl (C=O) groups excluding carboxylic acids is 1. The summed E-state index contributed by atoms with van der Waals surface area (Å²) in [4.78, 5) is 16.5. The van der Waals surface area contributed by atoms with E-state index in [1.807, 2.05) is 68.1 Å². The van der Waals surface area contributed by atoms with Crippen molar-refractivity contribution in [3.63, 3.8) is 0 Å². The van der Waals surface area contributed by atoms with Crippen molar-refractivity contribution in [2.75, 3.05) is 32.1 Å². The molecule has 3 rings (SSSR count). The molecule has 0 saturated carbocycles. The van der Waals surface area contributed by atoms with Crippen molar-refractivity contribution < 1.29 is 9.53 Å². The van der Waals surface area contributed by atoms with Crippen molar-refractivity contribution in [3.05, 3.63) is 47.2 Å². The molecule has 0 radical (unpaired) electrons. The van der Waals surface area contributed by atoms with Crippen LogP contribution in [0.25, 0.3) is 0 Å². The highest BCUT2D eigenvalue weighted by Crippen LogP contribution is 2.31. The largest absolute Gasteiger partial charge is 0.483 e. The fourth-order valence-electron chi connectivity index (χ4n) is 3.21. The third-order valence-electron chi connectivity index (χ3n) is 4.74. The van der Waals surface area contributed by atoms with Gasteiger partial charge in [0.05, 0.1) is 11.7 Å². The van der Waals surface area contributed by atoms with E-state index in [1.165, 1.54) is 0 Å². The van der Waals surface area contributed by atoms with Gasteiger partial charge in [0.2, 0.25) is 0 Å². The standard InChI is InChI=1S/C20H26N4O2/c1-14-7-8-15(2)18(12-14)26-13-20(25)24-11-5-6-17(24)16-9-10-19(22-21-16)23(3)4/h7-10,12,17H,5-6,11,13H2,1-4H3. The van der Waals surface area contributed by atoms with Crippen molar-refractivity contribution >= 4 is 11.7 Å². The van der Waals surface area contributed by atoms with E-state index in [2.05, 4.69) is 10.2 Å². The summed E-state index contributed by atoms with van der Waals surface area (Å²) in [6.45, 7) is 4.78. The summed E-state index contributed by atoms with van der Waals surface area (Å²) in [5.74, 6) is 1.57. The zero-order valence-corrected chi connectivity index (χ0v) is 15.9. The molecule has 1 aromatic carbocycles. The molecule has 0 aliphatic carbocycles. The van der Waals surface area contributed by atoms with E-state index in [-0.39, 0.29) is 18.6 Å². The highest BCUT2D eigenvalue weighted by atomic mass is 16.5. The van der Waals surface area contributed by atoms with Gasteiger partial charge >= 0.3 is 0 Å². The molecule has 1 fully saturated rings. The lowest BCUT2D eigenvalue weighted by molar-refractivity contribution is -0.134. The predicted molar refractivity (Wildman–Crippen MR) is 101 cm³/mol. The number of hydrogen-bond acceptors (Lipinski definition) is 5. The van der Waals surface area contributed by atoms with Crippen LogP contribution < -0.4 is 9.64 Å². The molecule has 138 valence electrons. The van der Waals surface area contributed by atoms with Gasteiger partial charge in [-0.15, -0.1) is 5.10 Å². The van der Waals surface area contributed by atoms with Crippen LogP contribution in [0, 0.1) is 13.8 Å². The summed E-state index contributed by atoms with van der Waals surface area (Å²) in [6, 6.07) is 9.90. The molecule has 2 aromatic rings.